The molecule has 0 radical (unpaired) electrons. The Kier molecular flexibility index (Phi) is 9.72. The van der Waals surface area contributed by atoms with Gasteiger partial charge in [-0.25, -0.2) is 4.79 Å². The van der Waals surface area contributed by atoms with E-state index in [4.69, 9.17) is 4.74 Å². The molecular formula is C13H22O3. The number of hydrogen-bond donors (Lipinski definition) is 1. The molecule has 0 bridgehead atoms. The fourth-order valence-electron chi connectivity index (χ4n) is 1.25. The van der Waals surface area contributed by atoms with Gasteiger partial charge in [-0.3, -0.25) is 0 Å². The van der Waals surface area contributed by atoms with Crippen LogP contribution in [0.3, 0.4) is 0 Å². The van der Waals surface area contributed by atoms with Crippen molar-refractivity contribution < 1.29 is 14.6 Å². The van der Waals surface area contributed by atoms with E-state index in [9.17, 15) is 9.90 Å². The Balaban J connectivity index is 3.48. The van der Waals surface area contributed by atoms with Crippen LogP contribution in [0.25, 0.3) is 0 Å². The van der Waals surface area contributed by atoms with Crippen molar-refractivity contribution >= 4 is 5.97 Å². The Morgan fingerprint density at radius 2 is 2.19 bits per heavy atom. The van der Waals surface area contributed by atoms with Gasteiger partial charge in [0.25, 0.3) is 0 Å². The Labute approximate surface area is 97.8 Å². The molecule has 0 amide bonds. The number of aliphatic hydroxyl groups is 1. The van der Waals surface area contributed by atoms with Crippen LogP contribution in [0, 0.1) is 0 Å². The maximum atomic E-state index is 10.9. The molecule has 0 heterocycles. The summed E-state index contributed by atoms with van der Waals surface area (Å²) in [5, 5.41) is 9.51. The highest BCUT2D eigenvalue weighted by Crippen LogP contribution is 2.05. The summed E-state index contributed by atoms with van der Waals surface area (Å²) in [5.41, 5.74) is 0. The predicted molar refractivity (Wildman–Crippen MR) is 65.1 cm³/mol. The third-order valence-electron chi connectivity index (χ3n) is 2.09. The van der Waals surface area contributed by atoms with Gasteiger partial charge in [0.05, 0.1) is 12.7 Å². The number of hydrogen-bond acceptors (Lipinski definition) is 3. The third kappa shape index (κ3) is 9.46. The molecule has 16 heavy (non-hydrogen) atoms. The maximum absolute atomic E-state index is 10.9. The second kappa shape index (κ2) is 10.4. The van der Waals surface area contributed by atoms with E-state index in [1.807, 2.05) is 19.1 Å². The van der Waals surface area contributed by atoms with E-state index in [1.165, 1.54) is 6.08 Å². The van der Waals surface area contributed by atoms with Gasteiger partial charge in [0.1, 0.15) is 0 Å². The minimum absolute atomic E-state index is 0.271. The highest BCUT2D eigenvalue weighted by molar-refractivity contribution is 5.81. The van der Waals surface area contributed by atoms with Gasteiger partial charge in [0.15, 0.2) is 0 Å². The van der Waals surface area contributed by atoms with Crippen LogP contribution in [-0.2, 0) is 9.53 Å². The molecule has 1 N–H and O–H groups in total. The van der Waals surface area contributed by atoms with Crippen molar-refractivity contribution in [3.8, 4) is 0 Å². The Hall–Kier alpha value is -1.09. The predicted octanol–water partition coefficient (Wildman–Crippen LogP) is 2.60. The fourth-order valence-corrected chi connectivity index (χ4v) is 1.25. The van der Waals surface area contributed by atoms with Crippen LogP contribution in [0.5, 0.6) is 0 Å². The van der Waals surface area contributed by atoms with Gasteiger partial charge in [0, 0.05) is 6.08 Å². The van der Waals surface area contributed by atoms with E-state index in [1.54, 1.807) is 13.0 Å². The van der Waals surface area contributed by atoms with Crippen LogP contribution < -0.4 is 0 Å². The molecule has 0 aliphatic heterocycles. The zero-order valence-electron chi connectivity index (χ0n) is 10.2. The van der Waals surface area contributed by atoms with Crippen molar-refractivity contribution in [1.29, 1.82) is 0 Å². The first kappa shape index (κ1) is 14.9. The number of esters is 1. The molecule has 1 atom stereocenters. The minimum Gasteiger partial charge on any atom is -0.463 e. The normalized spacial score (nSPS) is 13.4. The maximum Gasteiger partial charge on any atom is 0.330 e. The quantitative estimate of drug-likeness (QED) is 0.299. The number of aliphatic hydroxyl groups excluding tert-OH is 1. The largest absolute Gasteiger partial charge is 0.463 e. The van der Waals surface area contributed by atoms with E-state index in [-0.39, 0.29) is 12.1 Å². The van der Waals surface area contributed by atoms with Crippen LogP contribution in [0.4, 0.5) is 0 Å². The van der Waals surface area contributed by atoms with Crippen molar-refractivity contribution in [1.82, 2.24) is 0 Å². The van der Waals surface area contributed by atoms with Crippen molar-refractivity contribution in [3.63, 3.8) is 0 Å². The summed E-state index contributed by atoms with van der Waals surface area (Å²) >= 11 is 0. The lowest BCUT2D eigenvalue weighted by Gasteiger charge is -2.05. The van der Waals surface area contributed by atoms with Crippen LogP contribution in [0.2, 0.25) is 0 Å². The lowest BCUT2D eigenvalue weighted by Crippen LogP contribution is -2.04. The summed E-state index contributed by atoms with van der Waals surface area (Å²) in [4.78, 5) is 10.9. The van der Waals surface area contributed by atoms with E-state index < -0.39 is 0 Å². The van der Waals surface area contributed by atoms with Gasteiger partial charge in [-0.1, -0.05) is 18.2 Å². The van der Waals surface area contributed by atoms with E-state index >= 15 is 0 Å². The third-order valence-corrected chi connectivity index (χ3v) is 2.09. The van der Waals surface area contributed by atoms with Gasteiger partial charge in [0.2, 0.25) is 0 Å². The number of unbranched alkanes of at least 4 members (excludes halogenated alkanes) is 1. The highest BCUT2D eigenvalue weighted by atomic mass is 16.5. The molecule has 0 aromatic rings. The Morgan fingerprint density at radius 3 is 2.81 bits per heavy atom. The van der Waals surface area contributed by atoms with Gasteiger partial charge in [-0.2, -0.15) is 0 Å². The Bertz CT molecular complexity index is 231. The van der Waals surface area contributed by atoms with Crippen molar-refractivity contribution in [2.45, 2.75) is 45.6 Å². The SMILES string of the molecule is CC=CC[C@@H](O)CCCC=CC(=O)OCC. The van der Waals surface area contributed by atoms with Crippen LogP contribution >= 0.6 is 0 Å². The van der Waals surface area contributed by atoms with E-state index in [0.717, 1.165) is 19.3 Å². The monoisotopic (exact) mass is 226 g/mol. The second-order valence-corrected chi connectivity index (χ2v) is 3.54. The topological polar surface area (TPSA) is 46.5 Å². The first-order valence-electron chi connectivity index (χ1n) is 5.83. The number of carbonyl (C=O) groups excluding carboxylic acids is 1. The zero-order chi connectivity index (χ0) is 12.2. The van der Waals surface area contributed by atoms with Crippen LogP contribution in [0.1, 0.15) is 39.5 Å². The summed E-state index contributed by atoms with van der Waals surface area (Å²) in [6, 6.07) is 0. The highest BCUT2D eigenvalue weighted by Gasteiger charge is 2.00. The molecule has 0 fully saturated rings. The van der Waals surface area contributed by atoms with Crippen molar-refractivity contribution in [3.05, 3.63) is 24.3 Å². The lowest BCUT2D eigenvalue weighted by atomic mass is 10.1. The molecule has 0 spiro atoms. The molecule has 0 aliphatic rings. The minimum atomic E-state index is -0.294. The second-order valence-electron chi connectivity index (χ2n) is 3.54. The molecule has 0 saturated carbocycles. The average molecular weight is 226 g/mol. The zero-order valence-corrected chi connectivity index (χ0v) is 10.2. The van der Waals surface area contributed by atoms with E-state index in [2.05, 4.69) is 0 Å². The fraction of sp³-hybridized carbons (Fsp3) is 0.615. The van der Waals surface area contributed by atoms with Crippen molar-refractivity contribution in [2.24, 2.45) is 0 Å². The summed E-state index contributed by atoms with van der Waals surface area (Å²) in [5.74, 6) is -0.294. The molecule has 3 heteroatoms. The molecule has 3 nitrogen and oxygen atoms in total. The molecule has 0 aromatic heterocycles. The molecule has 0 unspecified atom stereocenters. The van der Waals surface area contributed by atoms with Gasteiger partial charge >= 0.3 is 5.97 Å². The molecule has 92 valence electrons. The first-order valence-corrected chi connectivity index (χ1v) is 5.83. The summed E-state index contributed by atoms with van der Waals surface area (Å²) in [6.07, 6.45) is 10.0. The van der Waals surface area contributed by atoms with Gasteiger partial charge in [-0.15, -0.1) is 0 Å². The van der Waals surface area contributed by atoms with Crippen molar-refractivity contribution in [2.75, 3.05) is 6.61 Å². The van der Waals surface area contributed by atoms with Crippen LogP contribution in [0.15, 0.2) is 24.3 Å². The van der Waals surface area contributed by atoms with Gasteiger partial charge < -0.3 is 9.84 Å². The molecule has 0 aromatic carbocycles. The number of ether oxygens (including phenoxy) is 1. The molecule has 0 aliphatic carbocycles. The molecular weight excluding hydrogens is 204 g/mol. The average Bonchev–Trinajstić information content (AvgIpc) is 2.26. The summed E-state index contributed by atoms with van der Waals surface area (Å²) < 4.78 is 4.74. The Morgan fingerprint density at radius 1 is 1.44 bits per heavy atom. The number of rotatable bonds is 8. The van der Waals surface area contributed by atoms with Gasteiger partial charge in [-0.05, 0) is 39.5 Å². The van der Waals surface area contributed by atoms with Crippen LogP contribution in [-0.4, -0.2) is 23.8 Å². The molecule has 0 saturated heterocycles. The first-order chi connectivity index (χ1) is 7.70. The standard InChI is InChI=1S/C13H22O3/c1-3-5-9-12(14)10-7-6-8-11-13(15)16-4-2/h3,5,8,11-12,14H,4,6-7,9-10H2,1-2H3/t12-/m1/s1. The summed E-state index contributed by atoms with van der Waals surface area (Å²) in [6.45, 7) is 4.13. The van der Waals surface area contributed by atoms with E-state index in [0.29, 0.717) is 13.0 Å². The smallest absolute Gasteiger partial charge is 0.330 e. The number of carbonyl (C=O) groups is 1. The lowest BCUT2D eigenvalue weighted by molar-refractivity contribution is -0.137. The summed E-state index contributed by atoms with van der Waals surface area (Å²) in [7, 11) is 0. The molecule has 0 rings (SSSR count). The number of allylic oxidation sites excluding steroid dienone is 2.